The molecule has 302 valence electrons. The summed E-state index contributed by atoms with van der Waals surface area (Å²) in [5, 5.41) is 6.32. The van der Waals surface area contributed by atoms with E-state index in [4.69, 9.17) is 4.74 Å². The van der Waals surface area contributed by atoms with Gasteiger partial charge in [-0.05, 0) is 141 Å². The molecule has 4 aliphatic carbocycles. The van der Waals surface area contributed by atoms with E-state index in [-0.39, 0.29) is 0 Å². The van der Waals surface area contributed by atoms with E-state index in [0.717, 1.165) is 55.0 Å². The zero-order valence-corrected chi connectivity index (χ0v) is 37.5. The molecule has 3 heteroatoms. The molecule has 0 bridgehead atoms. The molecule has 8 rings (SSSR count). The predicted molar refractivity (Wildman–Crippen MR) is 249 cm³/mol. The molecule has 4 aromatic carbocycles. The van der Waals surface area contributed by atoms with Crippen LogP contribution < -0.4 is 21.2 Å². The van der Waals surface area contributed by atoms with Crippen molar-refractivity contribution in [2.45, 2.75) is 123 Å². The Morgan fingerprint density at radius 1 is 0.614 bits per heavy atom. The predicted octanol–water partition coefficient (Wildman–Crippen LogP) is 13.4. The normalized spacial score (nSPS) is 28.9. The van der Waals surface area contributed by atoms with E-state index < -0.39 is 15.8 Å². The second-order valence-electron chi connectivity index (χ2n) is 19.4. The summed E-state index contributed by atoms with van der Waals surface area (Å²) in [5.41, 5.74) is 2.66. The molecule has 3 saturated carbocycles. The zero-order valence-electron chi connectivity index (χ0n) is 35.7. The van der Waals surface area contributed by atoms with Gasteiger partial charge < -0.3 is 4.74 Å². The first-order valence-corrected chi connectivity index (χ1v) is 25.7. The number of benzene rings is 4. The molecule has 0 radical (unpaired) electrons. The third-order valence-electron chi connectivity index (χ3n) is 15.7. The maximum Gasteiger partial charge on any atom is 0.0612 e. The van der Waals surface area contributed by atoms with E-state index in [1.54, 1.807) is 5.57 Å². The van der Waals surface area contributed by atoms with Crippen LogP contribution in [0.15, 0.2) is 133 Å². The molecule has 0 spiro atoms. The van der Waals surface area contributed by atoms with Crippen molar-refractivity contribution >= 4 is 37.1 Å². The maximum absolute atomic E-state index is 7.14. The summed E-state index contributed by atoms with van der Waals surface area (Å²) >= 11 is 0. The van der Waals surface area contributed by atoms with Gasteiger partial charge in [-0.2, -0.15) is 0 Å². The molecule has 0 aliphatic heterocycles. The van der Waals surface area contributed by atoms with Crippen LogP contribution in [0.2, 0.25) is 0 Å². The van der Waals surface area contributed by atoms with Gasteiger partial charge in [0.2, 0.25) is 0 Å². The van der Waals surface area contributed by atoms with Gasteiger partial charge in [-0.3, -0.25) is 0 Å². The highest BCUT2D eigenvalue weighted by Crippen LogP contribution is 2.67. The van der Waals surface area contributed by atoms with Crippen molar-refractivity contribution in [1.29, 1.82) is 0 Å². The molecule has 3 unspecified atom stereocenters. The van der Waals surface area contributed by atoms with E-state index in [0.29, 0.717) is 22.3 Å². The van der Waals surface area contributed by atoms with Gasteiger partial charge in [-0.15, -0.1) is 0 Å². The van der Waals surface area contributed by atoms with Crippen LogP contribution in [0, 0.1) is 46.3 Å². The van der Waals surface area contributed by atoms with Crippen LogP contribution in [0.5, 0.6) is 0 Å². The van der Waals surface area contributed by atoms with Crippen molar-refractivity contribution < 1.29 is 4.74 Å². The van der Waals surface area contributed by atoms with Crippen LogP contribution in [0.4, 0.5) is 0 Å². The van der Waals surface area contributed by atoms with E-state index in [1.807, 2.05) is 0 Å². The minimum Gasteiger partial charge on any atom is -0.378 e. The van der Waals surface area contributed by atoms with Crippen molar-refractivity contribution in [1.82, 2.24) is 0 Å². The van der Waals surface area contributed by atoms with Crippen molar-refractivity contribution in [3.8, 4) is 0 Å². The van der Waals surface area contributed by atoms with Crippen LogP contribution in [-0.4, -0.2) is 18.1 Å². The van der Waals surface area contributed by atoms with Crippen molar-refractivity contribution in [3.05, 3.63) is 133 Å². The molecular formula is C54H70OP2. The van der Waals surface area contributed by atoms with Gasteiger partial charge >= 0.3 is 0 Å². The summed E-state index contributed by atoms with van der Waals surface area (Å²) in [6.07, 6.45) is 19.2. The van der Waals surface area contributed by atoms with Gasteiger partial charge in [0.05, 0.1) is 6.10 Å². The second kappa shape index (κ2) is 18.4. The monoisotopic (exact) mass is 796 g/mol. The third kappa shape index (κ3) is 8.71. The first kappa shape index (κ1) is 41.2. The van der Waals surface area contributed by atoms with Crippen LogP contribution in [-0.2, 0) is 4.74 Å². The number of fused-ring (bicyclic) bond motifs is 5. The Morgan fingerprint density at radius 2 is 1.16 bits per heavy atom. The SMILES string of the molecule is CC(C)CCC[C@@H](C)C1CCC2[C@@H]3CC=C4C[C@@H](OCCC(P(c5ccccc5)c5ccccc5)P(c5ccccc5)c5ccccc5)CC[C@]4(C)C3CC[C@@]21C. The smallest absolute Gasteiger partial charge is 0.0612 e. The van der Waals surface area contributed by atoms with Crippen LogP contribution >= 0.6 is 15.8 Å². The van der Waals surface area contributed by atoms with Crippen molar-refractivity contribution in [2.24, 2.45) is 46.3 Å². The Labute approximate surface area is 349 Å². The first-order valence-electron chi connectivity index (χ1n) is 22.9. The Kier molecular flexibility index (Phi) is 13.3. The minimum absolute atomic E-state index is 0.331. The topological polar surface area (TPSA) is 9.23 Å². The molecular weight excluding hydrogens is 727 g/mol. The van der Waals surface area contributed by atoms with E-state index in [1.165, 1.54) is 85.4 Å². The molecule has 1 nitrogen and oxygen atoms in total. The first-order chi connectivity index (χ1) is 27.8. The van der Waals surface area contributed by atoms with Gasteiger partial charge in [-0.1, -0.05) is 187 Å². The summed E-state index contributed by atoms with van der Waals surface area (Å²) in [4.78, 5) is 0. The molecule has 4 aromatic rings. The summed E-state index contributed by atoms with van der Waals surface area (Å²) in [6, 6.07) is 45.7. The molecule has 3 fully saturated rings. The number of rotatable bonds is 15. The Bertz CT molecular complexity index is 1710. The fourth-order valence-electron chi connectivity index (χ4n) is 12.8. The fraction of sp³-hybridized carbons (Fsp3) is 0.519. The highest BCUT2D eigenvalue weighted by Gasteiger charge is 2.59. The van der Waals surface area contributed by atoms with Crippen molar-refractivity contribution in [2.75, 3.05) is 6.61 Å². The van der Waals surface area contributed by atoms with E-state index in [2.05, 4.69) is 162 Å². The molecule has 0 heterocycles. The van der Waals surface area contributed by atoms with E-state index in [9.17, 15) is 0 Å². The van der Waals surface area contributed by atoms with Gasteiger partial charge in [0.1, 0.15) is 0 Å². The molecule has 0 amide bonds. The molecule has 0 N–H and O–H groups in total. The summed E-state index contributed by atoms with van der Waals surface area (Å²) in [6.45, 7) is 13.6. The Balaban J connectivity index is 0.999. The number of hydrogen-bond acceptors (Lipinski definition) is 1. The molecule has 0 saturated heterocycles. The molecule has 4 aliphatic rings. The van der Waals surface area contributed by atoms with Crippen LogP contribution in [0.1, 0.15) is 112 Å². The lowest BCUT2D eigenvalue weighted by Crippen LogP contribution is -2.51. The summed E-state index contributed by atoms with van der Waals surface area (Å²) in [7, 11) is -1.29. The van der Waals surface area contributed by atoms with Gasteiger partial charge in [-0.25, -0.2) is 0 Å². The number of allylic oxidation sites excluding steroid dienone is 1. The van der Waals surface area contributed by atoms with Gasteiger partial charge in [0, 0.05) is 12.0 Å². The highest BCUT2D eigenvalue weighted by molar-refractivity contribution is 7.89. The lowest BCUT2D eigenvalue weighted by Gasteiger charge is -2.58. The minimum atomic E-state index is -0.645. The zero-order chi connectivity index (χ0) is 39.4. The summed E-state index contributed by atoms with van der Waals surface area (Å²) in [5.74, 6) is 5.30. The largest absolute Gasteiger partial charge is 0.378 e. The number of ether oxygens (including phenoxy) is 1. The Hall–Kier alpha value is -2.56. The summed E-state index contributed by atoms with van der Waals surface area (Å²) < 4.78 is 7.14. The van der Waals surface area contributed by atoms with Crippen LogP contribution in [0.3, 0.4) is 0 Å². The quantitative estimate of drug-likeness (QED) is 0.0860. The second-order valence-corrected chi connectivity index (χ2v) is 24.6. The van der Waals surface area contributed by atoms with Gasteiger partial charge in [0.25, 0.3) is 0 Å². The molecule has 57 heavy (non-hydrogen) atoms. The van der Waals surface area contributed by atoms with E-state index >= 15 is 0 Å². The lowest BCUT2D eigenvalue weighted by molar-refractivity contribution is -0.0639. The molecule has 0 aromatic heterocycles. The fourth-order valence-corrected chi connectivity index (χ4v) is 20.0. The number of hydrogen-bond donors (Lipinski definition) is 0. The lowest BCUT2D eigenvalue weighted by atomic mass is 9.47. The average molecular weight is 797 g/mol. The van der Waals surface area contributed by atoms with Crippen molar-refractivity contribution in [3.63, 3.8) is 0 Å². The highest BCUT2D eigenvalue weighted by atomic mass is 31.2. The Morgan fingerprint density at radius 3 is 1.68 bits per heavy atom. The molecule has 8 atom stereocenters. The maximum atomic E-state index is 7.14. The van der Waals surface area contributed by atoms with Crippen LogP contribution in [0.25, 0.3) is 0 Å². The average Bonchev–Trinajstić information content (AvgIpc) is 3.60. The standard InChI is InChI=1S/C54H70OP2/c1-40(2)19-18-20-41(3)49-31-32-50-48-30-29-42-39-43(33-36-53(42,4)51(48)34-37-54(49,50)5)55-38-35-52(56(44-21-10-6-11-22-44)45-23-12-7-13-24-45)57(46-25-14-8-15-26-46)47-27-16-9-17-28-47/h6-17,21-29,40-41,43,48-52H,18-20,30-39H2,1-5H3/t41-,43+,48+,49?,50?,51?,53+,54-/m1/s1. The van der Waals surface area contributed by atoms with Gasteiger partial charge in [0.15, 0.2) is 0 Å². The third-order valence-corrected chi connectivity index (χ3v) is 22.2.